The summed E-state index contributed by atoms with van der Waals surface area (Å²) in [6.45, 7) is 5.59. The third-order valence-electron chi connectivity index (χ3n) is 4.90. The van der Waals surface area contributed by atoms with Crippen molar-refractivity contribution in [1.82, 2.24) is 10.1 Å². The van der Waals surface area contributed by atoms with Gasteiger partial charge in [0.2, 0.25) is 5.89 Å². The Morgan fingerprint density at radius 3 is 2.73 bits per heavy atom. The Morgan fingerprint density at radius 1 is 1.32 bits per heavy atom. The van der Waals surface area contributed by atoms with Gasteiger partial charge in [0.05, 0.1) is 12.2 Å². The number of aliphatic hydroxyl groups is 2. The van der Waals surface area contributed by atoms with Gasteiger partial charge in [0.25, 0.3) is 5.95 Å². The maximum absolute atomic E-state index is 10.5. The molecule has 3 rings (SSSR count). The van der Waals surface area contributed by atoms with Crippen molar-refractivity contribution in [3.05, 3.63) is 5.89 Å². The highest BCUT2D eigenvalue weighted by Gasteiger charge is 2.52. The Labute approximate surface area is 130 Å². The van der Waals surface area contributed by atoms with Gasteiger partial charge >= 0.3 is 0 Å². The van der Waals surface area contributed by atoms with Gasteiger partial charge in [-0.3, -0.25) is 0 Å². The van der Waals surface area contributed by atoms with Crippen LogP contribution in [0, 0.1) is 0 Å². The van der Waals surface area contributed by atoms with Gasteiger partial charge in [0.1, 0.15) is 11.7 Å². The van der Waals surface area contributed by atoms with Crippen molar-refractivity contribution in [2.24, 2.45) is 0 Å². The Morgan fingerprint density at radius 2 is 2.05 bits per heavy atom. The van der Waals surface area contributed by atoms with Crippen LogP contribution in [0.1, 0.15) is 45.4 Å². The van der Waals surface area contributed by atoms with Crippen molar-refractivity contribution < 1.29 is 19.5 Å². The molecular weight excluding hydrogens is 286 g/mol. The quantitative estimate of drug-likeness (QED) is 0.856. The van der Waals surface area contributed by atoms with Gasteiger partial charge in [-0.1, -0.05) is 6.92 Å². The molecule has 0 radical (unpaired) electrons. The second-order valence-corrected chi connectivity index (χ2v) is 6.65. The van der Waals surface area contributed by atoms with Gasteiger partial charge in [-0.15, -0.1) is 0 Å². The van der Waals surface area contributed by atoms with Crippen LogP contribution in [0.2, 0.25) is 0 Å². The molecule has 0 aromatic carbocycles. The zero-order valence-corrected chi connectivity index (χ0v) is 13.3. The van der Waals surface area contributed by atoms with E-state index in [1.807, 2.05) is 4.90 Å². The van der Waals surface area contributed by atoms with Gasteiger partial charge in [-0.25, -0.2) is 0 Å². The number of aromatic nitrogens is 2. The van der Waals surface area contributed by atoms with Crippen LogP contribution in [0.25, 0.3) is 0 Å². The number of hydrogen-bond donors (Lipinski definition) is 2. The van der Waals surface area contributed by atoms with E-state index in [1.165, 1.54) is 0 Å². The highest BCUT2D eigenvalue weighted by molar-refractivity contribution is 5.29. The predicted octanol–water partition coefficient (Wildman–Crippen LogP) is 0.893. The molecule has 2 fully saturated rings. The van der Waals surface area contributed by atoms with Crippen LogP contribution < -0.4 is 4.90 Å². The number of aryl methyl sites for hydroxylation is 1. The van der Waals surface area contributed by atoms with Crippen LogP contribution in [0.5, 0.6) is 0 Å². The highest BCUT2D eigenvalue weighted by atomic mass is 16.5. The molecule has 0 saturated carbocycles. The Balaban J connectivity index is 1.66. The fourth-order valence-electron chi connectivity index (χ4n) is 3.44. The van der Waals surface area contributed by atoms with E-state index >= 15 is 0 Å². The smallest absolute Gasteiger partial charge is 0.266 e. The molecule has 2 N–H and O–H groups in total. The van der Waals surface area contributed by atoms with Crippen LogP contribution in [0.15, 0.2) is 4.52 Å². The standard InChI is InChI=1S/C15H25N3O4/c1-3-4-11-16-13(17-22-11)18-8-5-15(6-9-18)12(19)14(2,20)7-10-21-15/h12,19-20H,3-10H2,1-2H3/t12-,14+/m0/s1. The van der Waals surface area contributed by atoms with Gasteiger partial charge in [0.15, 0.2) is 0 Å². The summed E-state index contributed by atoms with van der Waals surface area (Å²) >= 11 is 0. The van der Waals surface area contributed by atoms with Crippen LogP contribution >= 0.6 is 0 Å². The molecule has 7 nitrogen and oxygen atoms in total. The Kier molecular flexibility index (Phi) is 4.13. The predicted molar refractivity (Wildman–Crippen MR) is 79.7 cm³/mol. The van der Waals surface area contributed by atoms with Crippen molar-refractivity contribution >= 4 is 5.95 Å². The van der Waals surface area contributed by atoms with Crippen LogP contribution in [0.4, 0.5) is 5.95 Å². The maximum atomic E-state index is 10.5. The van der Waals surface area contributed by atoms with Crippen LogP contribution in [-0.2, 0) is 11.2 Å². The molecule has 7 heteroatoms. The van der Waals surface area contributed by atoms with E-state index in [1.54, 1.807) is 6.92 Å². The average Bonchev–Trinajstić information content (AvgIpc) is 2.95. The molecule has 2 atom stereocenters. The van der Waals surface area contributed by atoms with E-state index in [0.717, 1.165) is 12.8 Å². The number of nitrogens with zero attached hydrogens (tertiary/aromatic N) is 3. The summed E-state index contributed by atoms with van der Waals surface area (Å²) in [5.41, 5.74) is -1.74. The average molecular weight is 311 g/mol. The lowest BCUT2D eigenvalue weighted by molar-refractivity contribution is -0.239. The molecule has 2 aliphatic rings. The first-order chi connectivity index (χ1) is 10.5. The van der Waals surface area contributed by atoms with E-state index in [-0.39, 0.29) is 0 Å². The topological polar surface area (TPSA) is 91.9 Å². The lowest BCUT2D eigenvalue weighted by Gasteiger charge is -2.51. The first-order valence-electron chi connectivity index (χ1n) is 8.09. The summed E-state index contributed by atoms with van der Waals surface area (Å²) < 4.78 is 11.1. The number of piperidine rings is 1. The van der Waals surface area contributed by atoms with Crippen molar-refractivity contribution in [2.75, 3.05) is 24.6 Å². The minimum absolute atomic E-state index is 0.463. The normalized spacial score (nSPS) is 31.6. The summed E-state index contributed by atoms with van der Waals surface area (Å²) in [6, 6.07) is 0. The van der Waals surface area contributed by atoms with E-state index in [2.05, 4.69) is 17.1 Å². The van der Waals surface area contributed by atoms with Gasteiger partial charge < -0.3 is 24.4 Å². The molecule has 1 aromatic heterocycles. The first kappa shape index (κ1) is 15.7. The molecule has 2 saturated heterocycles. The fraction of sp³-hybridized carbons (Fsp3) is 0.867. The third kappa shape index (κ3) is 2.73. The molecule has 0 unspecified atom stereocenters. The lowest BCUT2D eigenvalue weighted by atomic mass is 9.75. The van der Waals surface area contributed by atoms with Crippen molar-refractivity contribution in [1.29, 1.82) is 0 Å². The van der Waals surface area contributed by atoms with E-state index < -0.39 is 17.3 Å². The van der Waals surface area contributed by atoms with Crippen molar-refractivity contribution in [3.8, 4) is 0 Å². The highest BCUT2D eigenvalue weighted by Crippen LogP contribution is 2.40. The molecule has 0 aliphatic carbocycles. The molecule has 1 aromatic rings. The van der Waals surface area contributed by atoms with E-state index in [4.69, 9.17) is 9.26 Å². The number of anilines is 1. The van der Waals surface area contributed by atoms with Crippen LogP contribution in [-0.4, -0.2) is 57.4 Å². The molecule has 3 heterocycles. The van der Waals surface area contributed by atoms with Crippen molar-refractivity contribution in [3.63, 3.8) is 0 Å². The second-order valence-electron chi connectivity index (χ2n) is 6.65. The minimum Gasteiger partial charge on any atom is -0.387 e. The summed E-state index contributed by atoms with van der Waals surface area (Å²) in [5, 5.41) is 24.8. The number of ether oxygens (including phenoxy) is 1. The Hall–Kier alpha value is -1.18. The molecule has 0 amide bonds. The lowest BCUT2D eigenvalue weighted by Crippen LogP contribution is -2.64. The SMILES string of the molecule is CCCc1nc(N2CCC3(CC2)OCC[C@@](C)(O)[C@@H]3O)no1. The number of hydrogen-bond acceptors (Lipinski definition) is 7. The third-order valence-corrected chi connectivity index (χ3v) is 4.90. The number of rotatable bonds is 3. The largest absolute Gasteiger partial charge is 0.387 e. The van der Waals surface area contributed by atoms with Gasteiger partial charge in [-0.05, 0) is 31.3 Å². The molecule has 124 valence electrons. The van der Waals surface area contributed by atoms with E-state index in [0.29, 0.717) is 50.8 Å². The van der Waals surface area contributed by atoms with Crippen molar-refractivity contribution in [2.45, 2.75) is 63.3 Å². The van der Waals surface area contributed by atoms with E-state index in [9.17, 15) is 10.2 Å². The van der Waals surface area contributed by atoms with Gasteiger partial charge in [-0.2, -0.15) is 4.98 Å². The summed E-state index contributed by atoms with van der Waals surface area (Å²) in [4.78, 5) is 6.45. The summed E-state index contributed by atoms with van der Waals surface area (Å²) in [5.74, 6) is 1.27. The second kappa shape index (κ2) is 5.79. The summed E-state index contributed by atoms with van der Waals surface area (Å²) in [6.07, 6.45) is 2.64. The molecular formula is C15H25N3O4. The molecule has 0 bridgehead atoms. The minimum atomic E-state index is -1.08. The zero-order chi connectivity index (χ0) is 15.8. The summed E-state index contributed by atoms with van der Waals surface area (Å²) in [7, 11) is 0. The molecule has 22 heavy (non-hydrogen) atoms. The monoisotopic (exact) mass is 311 g/mol. The fourth-order valence-corrected chi connectivity index (χ4v) is 3.44. The molecule has 2 aliphatic heterocycles. The number of aliphatic hydroxyl groups excluding tert-OH is 1. The maximum Gasteiger partial charge on any atom is 0.266 e. The first-order valence-corrected chi connectivity index (χ1v) is 8.09. The molecule has 1 spiro atoms. The Bertz CT molecular complexity index is 509. The van der Waals surface area contributed by atoms with Crippen LogP contribution in [0.3, 0.4) is 0 Å². The van der Waals surface area contributed by atoms with Gasteiger partial charge in [0, 0.05) is 25.9 Å². The zero-order valence-electron chi connectivity index (χ0n) is 13.3.